The van der Waals surface area contributed by atoms with Crippen molar-refractivity contribution in [1.82, 2.24) is 20.3 Å². The summed E-state index contributed by atoms with van der Waals surface area (Å²) in [6, 6.07) is 17.7. The van der Waals surface area contributed by atoms with E-state index < -0.39 is 10.0 Å². The van der Waals surface area contributed by atoms with Crippen molar-refractivity contribution in [3.05, 3.63) is 65.7 Å². The van der Waals surface area contributed by atoms with Crippen molar-refractivity contribution in [2.45, 2.75) is 30.3 Å². The third-order valence-corrected chi connectivity index (χ3v) is 6.84. The molecule has 1 fully saturated rings. The van der Waals surface area contributed by atoms with Crippen LogP contribution < -0.4 is 15.4 Å². The van der Waals surface area contributed by atoms with E-state index in [0.29, 0.717) is 12.6 Å². The van der Waals surface area contributed by atoms with Crippen LogP contribution in [0.5, 0.6) is 0 Å². The number of rotatable bonds is 8. The van der Waals surface area contributed by atoms with Crippen molar-refractivity contribution in [3.8, 4) is 0 Å². The molecule has 2 aromatic rings. The zero-order chi connectivity index (χ0) is 21.4. The highest BCUT2D eigenvalue weighted by molar-refractivity contribution is 7.89. The predicted molar refractivity (Wildman–Crippen MR) is 121 cm³/mol. The van der Waals surface area contributed by atoms with Gasteiger partial charge in [-0.25, -0.2) is 13.1 Å². The fraction of sp³-hybridized carbons (Fsp3) is 0.409. The smallest absolute Gasteiger partial charge is 0.240 e. The van der Waals surface area contributed by atoms with Gasteiger partial charge in [-0.15, -0.1) is 0 Å². The Morgan fingerprint density at radius 3 is 2.30 bits per heavy atom. The Kier molecular flexibility index (Phi) is 7.84. The summed E-state index contributed by atoms with van der Waals surface area (Å²) in [7, 11) is -0.251. The molecule has 8 heteroatoms. The first kappa shape index (κ1) is 22.3. The fourth-order valence-corrected chi connectivity index (χ4v) is 4.42. The molecule has 0 bridgehead atoms. The van der Waals surface area contributed by atoms with E-state index >= 15 is 0 Å². The van der Waals surface area contributed by atoms with Crippen LogP contribution >= 0.6 is 0 Å². The summed E-state index contributed by atoms with van der Waals surface area (Å²) in [6.07, 6.45) is 2.49. The third-order valence-electron chi connectivity index (χ3n) is 5.41. The van der Waals surface area contributed by atoms with Crippen LogP contribution in [0.2, 0.25) is 0 Å². The lowest BCUT2D eigenvalue weighted by Crippen LogP contribution is -2.42. The Morgan fingerprint density at radius 2 is 1.70 bits per heavy atom. The molecule has 0 radical (unpaired) electrons. The molecule has 1 atom stereocenters. The van der Waals surface area contributed by atoms with Crippen LogP contribution in [0.3, 0.4) is 0 Å². The molecular weight excluding hydrogens is 398 g/mol. The number of likely N-dealkylation sites (tertiary alicyclic amines) is 1. The fourth-order valence-electron chi connectivity index (χ4n) is 3.69. The van der Waals surface area contributed by atoms with E-state index in [1.165, 1.54) is 25.5 Å². The van der Waals surface area contributed by atoms with Gasteiger partial charge in [0.25, 0.3) is 0 Å². The van der Waals surface area contributed by atoms with E-state index in [0.717, 1.165) is 31.2 Å². The van der Waals surface area contributed by atoms with Gasteiger partial charge in [0, 0.05) is 20.1 Å². The van der Waals surface area contributed by atoms with Crippen LogP contribution in [0, 0.1) is 0 Å². The monoisotopic (exact) mass is 429 g/mol. The van der Waals surface area contributed by atoms with Gasteiger partial charge in [-0.3, -0.25) is 9.89 Å². The van der Waals surface area contributed by atoms with Crippen molar-refractivity contribution in [2.75, 3.05) is 33.7 Å². The molecular formula is C22H31N5O2S. The van der Waals surface area contributed by atoms with Gasteiger partial charge in [-0.2, -0.15) is 0 Å². The maximum Gasteiger partial charge on any atom is 0.240 e. The summed E-state index contributed by atoms with van der Waals surface area (Å²) in [5.74, 6) is 0.724. The molecule has 162 valence electrons. The SMILES string of the molecule is CN=C(NCc1ccc(S(=O)(=O)NC)cc1)NCC(c1ccccc1)N1CCCC1. The molecule has 2 aromatic carbocycles. The molecule has 0 saturated carbocycles. The lowest BCUT2D eigenvalue weighted by Gasteiger charge is -2.29. The van der Waals surface area contributed by atoms with Crippen molar-refractivity contribution in [2.24, 2.45) is 4.99 Å². The first-order chi connectivity index (χ1) is 14.5. The molecule has 1 aliphatic heterocycles. The minimum Gasteiger partial charge on any atom is -0.354 e. The minimum atomic E-state index is -3.41. The lowest BCUT2D eigenvalue weighted by molar-refractivity contribution is 0.245. The van der Waals surface area contributed by atoms with E-state index in [-0.39, 0.29) is 4.90 Å². The maximum absolute atomic E-state index is 11.8. The highest BCUT2D eigenvalue weighted by Crippen LogP contribution is 2.24. The Bertz CT molecular complexity index is 924. The lowest BCUT2D eigenvalue weighted by atomic mass is 10.1. The third kappa shape index (κ3) is 5.81. The van der Waals surface area contributed by atoms with Gasteiger partial charge in [0.15, 0.2) is 5.96 Å². The molecule has 3 rings (SSSR count). The average Bonchev–Trinajstić information content (AvgIpc) is 3.31. The topological polar surface area (TPSA) is 85.8 Å². The zero-order valence-electron chi connectivity index (χ0n) is 17.6. The Hall–Kier alpha value is -2.42. The molecule has 3 N–H and O–H groups in total. The normalized spacial score (nSPS) is 16.4. The standard InChI is InChI=1S/C22H31N5O2S/c1-23-22(25-16-18-10-12-20(13-11-18)30(28,29)24-2)26-17-21(27-14-6-7-15-27)19-8-4-3-5-9-19/h3-5,8-13,21,24H,6-7,14-17H2,1-2H3,(H2,23,25,26). The van der Waals surface area contributed by atoms with Crippen LogP contribution in [0.1, 0.15) is 30.0 Å². The minimum absolute atomic E-state index is 0.257. The van der Waals surface area contributed by atoms with Crippen LogP contribution in [-0.4, -0.2) is 53.0 Å². The van der Waals surface area contributed by atoms with Crippen LogP contribution in [-0.2, 0) is 16.6 Å². The number of sulfonamides is 1. The Morgan fingerprint density at radius 1 is 1.03 bits per heavy atom. The van der Waals surface area contributed by atoms with Crippen LogP contribution in [0.15, 0.2) is 64.5 Å². The van der Waals surface area contributed by atoms with E-state index in [4.69, 9.17) is 0 Å². The summed E-state index contributed by atoms with van der Waals surface area (Å²) in [5.41, 5.74) is 2.29. The molecule has 1 saturated heterocycles. The average molecular weight is 430 g/mol. The second kappa shape index (κ2) is 10.6. The van der Waals surface area contributed by atoms with Crippen molar-refractivity contribution in [1.29, 1.82) is 0 Å². The molecule has 7 nitrogen and oxygen atoms in total. The van der Waals surface area contributed by atoms with E-state index in [1.807, 2.05) is 18.2 Å². The van der Waals surface area contributed by atoms with Gasteiger partial charge in [0.2, 0.25) is 10.0 Å². The molecule has 1 heterocycles. The maximum atomic E-state index is 11.8. The highest BCUT2D eigenvalue weighted by atomic mass is 32.2. The summed E-state index contributed by atoms with van der Waals surface area (Å²) < 4.78 is 26.0. The van der Waals surface area contributed by atoms with Gasteiger partial charge < -0.3 is 10.6 Å². The van der Waals surface area contributed by atoms with Gasteiger partial charge in [0.05, 0.1) is 10.9 Å². The number of hydrogen-bond acceptors (Lipinski definition) is 4. The van der Waals surface area contributed by atoms with Crippen LogP contribution in [0.4, 0.5) is 0 Å². The molecule has 0 aliphatic carbocycles. The molecule has 0 spiro atoms. The van der Waals surface area contributed by atoms with E-state index in [2.05, 4.69) is 49.5 Å². The second-order valence-electron chi connectivity index (χ2n) is 7.33. The summed E-state index contributed by atoms with van der Waals surface area (Å²) >= 11 is 0. The van der Waals surface area contributed by atoms with Gasteiger partial charge in [0.1, 0.15) is 0 Å². The first-order valence-electron chi connectivity index (χ1n) is 10.3. The van der Waals surface area contributed by atoms with Crippen LogP contribution in [0.25, 0.3) is 0 Å². The number of hydrogen-bond donors (Lipinski definition) is 3. The molecule has 0 amide bonds. The van der Waals surface area contributed by atoms with Crippen molar-refractivity contribution in [3.63, 3.8) is 0 Å². The van der Waals surface area contributed by atoms with Gasteiger partial charge in [-0.1, -0.05) is 42.5 Å². The Labute approximate surface area is 179 Å². The molecule has 1 aliphatic rings. The van der Waals surface area contributed by atoms with Crippen molar-refractivity contribution < 1.29 is 8.42 Å². The molecule has 0 aromatic heterocycles. The second-order valence-corrected chi connectivity index (χ2v) is 9.21. The largest absolute Gasteiger partial charge is 0.354 e. The number of nitrogens with zero attached hydrogens (tertiary/aromatic N) is 2. The summed E-state index contributed by atoms with van der Waals surface area (Å²) in [6.45, 7) is 3.56. The van der Waals surface area contributed by atoms with E-state index in [9.17, 15) is 8.42 Å². The number of guanidine groups is 1. The Balaban J connectivity index is 1.58. The molecule has 30 heavy (non-hydrogen) atoms. The number of aliphatic imine (C=N–C) groups is 1. The molecule has 1 unspecified atom stereocenters. The van der Waals surface area contributed by atoms with Gasteiger partial charge >= 0.3 is 0 Å². The number of benzene rings is 2. The van der Waals surface area contributed by atoms with E-state index in [1.54, 1.807) is 19.2 Å². The van der Waals surface area contributed by atoms with Gasteiger partial charge in [-0.05, 0) is 56.2 Å². The highest BCUT2D eigenvalue weighted by Gasteiger charge is 2.23. The summed E-state index contributed by atoms with van der Waals surface area (Å²) in [4.78, 5) is 7.12. The summed E-state index contributed by atoms with van der Waals surface area (Å²) in [5, 5.41) is 6.76. The predicted octanol–water partition coefficient (Wildman–Crippen LogP) is 2.10. The quantitative estimate of drug-likeness (QED) is 0.442. The number of nitrogens with one attached hydrogen (secondary N) is 3. The zero-order valence-corrected chi connectivity index (χ0v) is 18.5. The first-order valence-corrected chi connectivity index (χ1v) is 11.8. The van der Waals surface area contributed by atoms with Crippen molar-refractivity contribution >= 4 is 16.0 Å².